The van der Waals surface area contributed by atoms with Crippen molar-refractivity contribution in [1.82, 2.24) is 20.1 Å². The lowest BCUT2D eigenvalue weighted by molar-refractivity contribution is -0.123. The van der Waals surface area contributed by atoms with Gasteiger partial charge in [0.1, 0.15) is 29.9 Å². The Kier molecular flexibility index (Phi) is 7.30. The zero-order chi connectivity index (χ0) is 25.7. The Bertz CT molecular complexity index is 1360. The average molecular weight is 491 g/mol. The highest BCUT2D eigenvalue weighted by atomic mass is 19.1. The molecule has 3 aromatic carbocycles. The fraction of sp³-hybridized carbons (Fsp3) is 0.185. The van der Waals surface area contributed by atoms with Gasteiger partial charge in [-0.25, -0.2) is 18.4 Å². The van der Waals surface area contributed by atoms with E-state index in [0.717, 1.165) is 12.1 Å². The number of aliphatic hydroxyl groups is 1. The van der Waals surface area contributed by atoms with E-state index in [2.05, 4.69) is 15.4 Å². The molecule has 0 aliphatic carbocycles. The minimum absolute atomic E-state index is 0.168. The minimum atomic E-state index is -1.94. The zero-order valence-electron chi connectivity index (χ0n) is 19.4. The molecule has 7 nitrogen and oxygen atoms in total. The second-order valence-corrected chi connectivity index (χ2v) is 8.51. The van der Waals surface area contributed by atoms with Gasteiger partial charge in [0.05, 0.1) is 19.0 Å². The monoisotopic (exact) mass is 490 g/mol. The number of carbonyl (C=O) groups excluding carboxylic acids is 2. The zero-order valence-corrected chi connectivity index (χ0v) is 19.4. The number of ketones is 1. The summed E-state index contributed by atoms with van der Waals surface area (Å²) < 4.78 is 29.4. The van der Waals surface area contributed by atoms with E-state index in [4.69, 9.17) is 0 Å². The Labute approximate surface area is 206 Å². The van der Waals surface area contributed by atoms with Crippen molar-refractivity contribution in [3.05, 3.63) is 119 Å². The molecule has 0 saturated heterocycles. The van der Waals surface area contributed by atoms with Crippen molar-refractivity contribution >= 4 is 11.7 Å². The van der Waals surface area contributed by atoms with E-state index in [1.54, 1.807) is 55.5 Å². The third kappa shape index (κ3) is 5.52. The summed E-state index contributed by atoms with van der Waals surface area (Å²) in [5, 5.41) is 18.0. The number of nitrogens with zero attached hydrogens (tertiary/aromatic N) is 3. The van der Waals surface area contributed by atoms with E-state index < -0.39 is 29.1 Å². The fourth-order valence-electron chi connectivity index (χ4n) is 3.93. The van der Waals surface area contributed by atoms with Gasteiger partial charge in [-0.15, -0.1) is 0 Å². The van der Waals surface area contributed by atoms with Crippen LogP contribution >= 0.6 is 0 Å². The van der Waals surface area contributed by atoms with Crippen LogP contribution in [0.4, 0.5) is 8.78 Å². The third-order valence-electron chi connectivity index (χ3n) is 5.96. The van der Waals surface area contributed by atoms with E-state index in [0.29, 0.717) is 22.8 Å². The Hall–Kier alpha value is -4.24. The molecule has 0 aliphatic rings. The molecule has 4 aromatic rings. The molecule has 2 atom stereocenters. The molecule has 1 aromatic heterocycles. The lowest BCUT2D eigenvalue weighted by Gasteiger charge is -2.29. The average Bonchev–Trinajstić information content (AvgIpc) is 3.39. The van der Waals surface area contributed by atoms with Crippen molar-refractivity contribution in [2.45, 2.75) is 25.0 Å². The van der Waals surface area contributed by atoms with Gasteiger partial charge < -0.3 is 10.4 Å². The molecule has 0 spiro atoms. The smallest absolute Gasteiger partial charge is 0.227 e. The van der Waals surface area contributed by atoms with Crippen LogP contribution in [0.25, 0.3) is 0 Å². The molecule has 0 radical (unpaired) electrons. The molecule has 0 bridgehead atoms. The van der Waals surface area contributed by atoms with Gasteiger partial charge in [0, 0.05) is 22.8 Å². The Morgan fingerprint density at radius 3 is 2.47 bits per heavy atom. The van der Waals surface area contributed by atoms with Crippen LogP contribution in [-0.4, -0.2) is 38.1 Å². The predicted molar refractivity (Wildman–Crippen MR) is 128 cm³/mol. The predicted octanol–water partition coefficient (Wildman–Crippen LogP) is 3.60. The van der Waals surface area contributed by atoms with Crippen LogP contribution in [0.15, 0.2) is 85.5 Å². The van der Waals surface area contributed by atoms with E-state index in [-0.39, 0.29) is 24.4 Å². The van der Waals surface area contributed by atoms with Gasteiger partial charge in [0.15, 0.2) is 5.78 Å². The summed E-state index contributed by atoms with van der Waals surface area (Å²) in [6.07, 6.45) is 2.60. The van der Waals surface area contributed by atoms with Crippen LogP contribution in [0.1, 0.15) is 39.9 Å². The molecule has 0 fully saturated rings. The summed E-state index contributed by atoms with van der Waals surface area (Å²) >= 11 is 0. The maximum Gasteiger partial charge on any atom is 0.227 e. The first kappa shape index (κ1) is 24.9. The van der Waals surface area contributed by atoms with Crippen molar-refractivity contribution in [3.8, 4) is 0 Å². The van der Waals surface area contributed by atoms with Gasteiger partial charge in [0.2, 0.25) is 5.91 Å². The van der Waals surface area contributed by atoms with Gasteiger partial charge in [0.25, 0.3) is 0 Å². The van der Waals surface area contributed by atoms with E-state index >= 15 is 0 Å². The Morgan fingerprint density at radius 2 is 1.78 bits per heavy atom. The van der Waals surface area contributed by atoms with Crippen LogP contribution < -0.4 is 5.32 Å². The van der Waals surface area contributed by atoms with Crippen LogP contribution in [0.5, 0.6) is 0 Å². The van der Waals surface area contributed by atoms with E-state index in [9.17, 15) is 23.5 Å². The van der Waals surface area contributed by atoms with Gasteiger partial charge in [-0.3, -0.25) is 9.59 Å². The lowest BCUT2D eigenvalue weighted by atomic mass is 9.91. The quantitative estimate of drug-likeness (QED) is 0.350. The normalized spacial score (nSPS) is 13.6. The van der Waals surface area contributed by atoms with Crippen molar-refractivity contribution in [1.29, 1.82) is 0 Å². The fourth-order valence-corrected chi connectivity index (χ4v) is 3.93. The van der Waals surface area contributed by atoms with Crippen LogP contribution in [0, 0.1) is 11.6 Å². The summed E-state index contributed by atoms with van der Waals surface area (Å²) in [5.74, 6) is -3.03. The molecule has 0 aliphatic heterocycles. The second kappa shape index (κ2) is 10.6. The van der Waals surface area contributed by atoms with Gasteiger partial charge in [-0.2, -0.15) is 5.10 Å². The first-order valence-corrected chi connectivity index (χ1v) is 11.2. The van der Waals surface area contributed by atoms with Gasteiger partial charge in [-0.1, -0.05) is 54.6 Å². The maximum absolute atomic E-state index is 14.6. The minimum Gasteiger partial charge on any atom is -0.381 e. The van der Waals surface area contributed by atoms with E-state index in [1.807, 2.05) is 6.07 Å². The first-order chi connectivity index (χ1) is 17.3. The number of carbonyl (C=O) groups is 2. The Morgan fingerprint density at radius 1 is 1.03 bits per heavy atom. The summed E-state index contributed by atoms with van der Waals surface area (Å²) in [4.78, 5) is 29.6. The molecule has 9 heteroatoms. The SMILES string of the molecule is C[C@@H](C(=O)NC[C@](O)(Cn1cncn1)c1ccc(F)cc1F)c1cccc(C(=O)c2ccccc2)c1. The molecule has 0 unspecified atom stereocenters. The lowest BCUT2D eigenvalue weighted by Crippen LogP contribution is -2.45. The summed E-state index contributed by atoms with van der Waals surface area (Å²) in [6, 6.07) is 18.4. The van der Waals surface area contributed by atoms with Crippen molar-refractivity contribution in [3.63, 3.8) is 0 Å². The van der Waals surface area contributed by atoms with Crippen molar-refractivity contribution in [2.24, 2.45) is 0 Å². The largest absolute Gasteiger partial charge is 0.381 e. The Balaban J connectivity index is 1.52. The molecular weight excluding hydrogens is 466 g/mol. The highest BCUT2D eigenvalue weighted by Crippen LogP contribution is 2.27. The standard InChI is InChI=1S/C27H24F2N4O3/c1-18(20-8-5-9-21(12-20)25(34)19-6-3-2-4-7-19)26(35)31-14-27(36,15-33-17-30-16-32-33)23-11-10-22(28)13-24(23)29/h2-13,16-18,36H,14-15H2,1H3,(H,31,35)/t18-,27+/m1/s1. The third-order valence-corrected chi connectivity index (χ3v) is 5.96. The number of hydrogen-bond donors (Lipinski definition) is 2. The maximum atomic E-state index is 14.6. The molecule has 0 saturated carbocycles. The summed E-state index contributed by atoms with van der Waals surface area (Å²) in [7, 11) is 0. The van der Waals surface area contributed by atoms with Gasteiger partial charge in [-0.05, 0) is 24.6 Å². The number of aromatic nitrogens is 3. The number of benzene rings is 3. The first-order valence-electron chi connectivity index (χ1n) is 11.2. The van der Waals surface area contributed by atoms with Crippen molar-refractivity contribution < 1.29 is 23.5 Å². The van der Waals surface area contributed by atoms with Crippen molar-refractivity contribution in [2.75, 3.05) is 6.54 Å². The molecule has 4 rings (SSSR count). The molecule has 1 amide bonds. The number of hydrogen-bond acceptors (Lipinski definition) is 5. The van der Waals surface area contributed by atoms with E-state index in [1.165, 1.54) is 17.3 Å². The van der Waals surface area contributed by atoms with Crippen LogP contribution in [-0.2, 0) is 16.9 Å². The molecular formula is C27H24F2N4O3. The molecule has 36 heavy (non-hydrogen) atoms. The molecule has 2 N–H and O–H groups in total. The topological polar surface area (TPSA) is 97.1 Å². The van der Waals surface area contributed by atoms with Gasteiger partial charge >= 0.3 is 0 Å². The number of amides is 1. The van der Waals surface area contributed by atoms with Crippen LogP contribution in [0.3, 0.4) is 0 Å². The summed E-state index contributed by atoms with van der Waals surface area (Å²) in [6.45, 7) is 1.06. The second-order valence-electron chi connectivity index (χ2n) is 8.51. The molecule has 1 heterocycles. The highest BCUT2D eigenvalue weighted by molar-refractivity contribution is 6.09. The number of nitrogens with one attached hydrogen (secondary N) is 1. The van der Waals surface area contributed by atoms with Crippen LogP contribution in [0.2, 0.25) is 0 Å². The number of halogens is 2. The number of rotatable bonds is 9. The highest BCUT2D eigenvalue weighted by Gasteiger charge is 2.34. The summed E-state index contributed by atoms with van der Waals surface area (Å²) in [5.41, 5.74) is -0.558. The molecule has 184 valence electrons.